The molecule has 1 heterocycles. The van der Waals surface area contributed by atoms with Crippen LogP contribution in [0.2, 0.25) is 5.02 Å². The first kappa shape index (κ1) is 22.1. The minimum absolute atomic E-state index is 0. The van der Waals surface area contributed by atoms with E-state index in [1.807, 2.05) is 24.3 Å². The van der Waals surface area contributed by atoms with Crippen LogP contribution in [0, 0.1) is 5.92 Å². The molecular weight excluding hydrogens is 405 g/mol. The Kier molecular flexibility index (Phi) is 7.20. The summed E-state index contributed by atoms with van der Waals surface area (Å²) in [6.45, 7) is 1.49. The van der Waals surface area contributed by atoms with Crippen LogP contribution in [-0.2, 0) is 5.41 Å². The van der Waals surface area contributed by atoms with Crippen LogP contribution in [0.3, 0.4) is 0 Å². The summed E-state index contributed by atoms with van der Waals surface area (Å²) in [5.74, 6) is 0.808. The second-order valence-electron chi connectivity index (χ2n) is 8.36. The van der Waals surface area contributed by atoms with Crippen molar-refractivity contribution < 1.29 is 4.79 Å². The molecule has 0 atom stereocenters. The number of hydrogen-bond acceptors (Lipinski definition) is 3. The van der Waals surface area contributed by atoms with Crippen molar-refractivity contribution in [3.05, 3.63) is 64.9 Å². The minimum atomic E-state index is -0.0354. The Morgan fingerprint density at radius 3 is 2.41 bits per heavy atom. The molecule has 0 radical (unpaired) electrons. The molecule has 2 saturated carbocycles. The summed E-state index contributed by atoms with van der Waals surface area (Å²) in [6, 6.07) is 12.0. The number of aromatic nitrogens is 1. The highest BCUT2D eigenvalue weighted by Gasteiger charge is 2.40. The summed E-state index contributed by atoms with van der Waals surface area (Å²) in [6.07, 6.45) is 9.80. The number of carbonyl (C=O) groups excluding carboxylic acids is 1. The summed E-state index contributed by atoms with van der Waals surface area (Å²) in [7, 11) is 0. The maximum absolute atomic E-state index is 13.2. The predicted octanol–water partition coefficient (Wildman–Crippen LogP) is 4.85. The monoisotopic (exact) mass is 433 g/mol. The van der Waals surface area contributed by atoms with Gasteiger partial charge in [-0.15, -0.1) is 12.4 Å². The molecule has 0 unspecified atom stereocenters. The molecule has 0 aliphatic heterocycles. The third-order valence-electron chi connectivity index (χ3n) is 6.52. The first-order chi connectivity index (χ1) is 13.6. The number of nitrogens with two attached hydrogens (primary N) is 1. The average Bonchev–Trinajstić information content (AvgIpc) is 3.57. The fourth-order valence-corrected chi connectivity index (χ4v) is 4.72. The smallest absolute Gasteiger partial charge is 0.254 e. The Labute approximate surface area is 184 Å². The third-order valence-corrected chi connectivity index (χ3v) is 6.76. The lowest BCUT2D eigenvalue weighted by molar-refractivity contribution is 0.0581. The summed E-state index contributed by atoms with van der Waals surface area (Å²) >= 11 is 6.24. The van der Waals surface area contributed by atoms with Crippen LogP contribution in [0.5, 0.6) is 0 Å². The summed E-state index contributed by atoms with van der Waals surface area (Å²) in [5, 5.41) is 0.760. The molecular formula is C23H29Cl2N3O. The van der Waals surface area contributed by atoms with Gasteiger partial charge in [0.15, 0.2) is 0 Å². The fourth-order valence-electron chi connectivity index (χ4n) is 4.53. The van der Waals surface area contributed by atoms with E-state index in [4.69, 9.17) is 17.3 Å². The summed E-state index contributed by atoms with van der Waals surface area (Å²) in [4.78, 5) is 19.4. The number of hydrogen-bond donors (Lipinski definition) is 1. The molecule has 0 spiro atoms. The van der Waals surface area contributed by atoms with Gasteiger partial charge >= 0.3 is 0 Å². The number of carbonyl (C=O) groups is 1. The molecule has 2 aromatic rings. The fraction of sp³-hybridized carbons (Fsp3) is 0.478. The zero-order chi connectivity index (χ0) is 19.6. The van der Waals surface area contributed by atoms with Gasteiger partial charge in [0.05, 0.1) is 0 Å². The van der Waals surface area contributed by atoms with Crippen LogP contribution in [0.1, 0.15) is 54.4 Å². The van der Waals surface area contributed by atoms with Crippen molar-refractivity contribution in [3.63, 3.8) is 0 Å². The predicted molar refractivity (Wildman–Crippen MR) is 120 cm³/mol. The molecule has 2 N–H and O–H groups in total. The molecule has 1 aromatic carbocycles. The molecule has 2 aliphatic rings. The minimum Gasteiger partial charge on any atom is -0.335 e. The summed E-state index contributed by atoms with van der Waals surface area (Å²) < 4.78 is 0. The highest BCUT2D eigenvalue weighted by molar-refractivity contribution is 6.30. The van der Waals surface area contributed by atoms with Crippen LogP contribution >= 0.6 is 24.0 Å². The van der Waals surface area contributed by atoms with E-state index in [2.05, 4.69) is 22.0 Å². The molecule has 2 aliphatic carbocycles. The average molecular weight is 434 g/mol. The van der Waals surface area contributed by atoms with E-state index < -0.39 is 0 Å². The van der Waals surface area contributed by atoms with Gasteiger partial charge in [-0.2, -0.15) is 0 Å². The second-order valence-corrected chi connectivity index (χ2v) is 8.80. The van der Waals surface area contributed by atoms with Crippen LogP contribution in [0.25, 0.3) is 0 Å². The van der Waals surface area contributed by atoms with E-state index in [1.54, 1.807) is 12.4 Å². The van der Waals surface area contributed by atoms with Gasteiger partial charge in [0.1, 0.15) is 0 Å². The van der Waals surface area contributed by atoms with Gasteiger partial charge in [-0.25, -0.2) is 0 Å². The highest BCUT2D eigenvalue weighted by Crippen LogP contribution is 2.42. The van der Waals surface area contributed by atoms with E-state index in [1.165, 1.54) is 18.4 Å². The van der Waals surface area contributed by atoms with E-state index in [-0.39, 0.29) is 29.8 Å². The number of nitrogens with zero attached hydrogens (tertiary/aromatic N) is 2. The lowest BCUT2D eigenvalue weighted by atomic mass is 9.68. The van der Waals surface area contributed by atoms with Crippen molar-refractivity contribution in [1.82, 2.24) is 9.88 Å². The topological polar surface area (TPSA) is 59.2 Å². The lowest BCUT2D eigenvalue weighted by Crippen LogP contribution is -2.48. The van der Waals surface area contributed by atoms with Gasteiger partial charge < -0.3 is 10.6 Å². The molecule has 1 aromatic heterocycles. The number of rotatable bonds is 6. The molecule has 4 rings (SSSR count). The molecule has 6 heteroatoms. The molecule has 4 nitrogen and oxygen atoms in total. The summed E-state index contributed by atoms with van der Waals surface area (Å²) in [5.41, 5.74) is 8.19. The first-order valence-electron chi connectivity index (χ1n) is 10.3. The van der Waals surface area contributed by atoms with Crippen molar-refractivity contribution in [1.29, 1.82) is 0 Å². The number of benzene rings is 1. The number of pyridine rings is 1. The van der Waals surface area contributed by atoms with Crippen LogP contribution in [0.4, 0.5) is 0 Å². The molecule has 29 heavy (non-hydrogen) atoms. The highest BCUT2D eigenvalue weighted by atomic mass is 35.5. The van der Waals surface area contributed by atoms with Crippen LogP contribution in [-0.4, -0.2) is 34.9 Å². The quantitative estimate of drug-likeness (QED) is 0.707. The Morgan fingerprint density at radius 2 is 1.83 bits per heavy atom. The van der Waals surface area contributed by atoms with Gasteiger partial charge in [0, 0.05) is 47.5 Å². The Bertz CT molecular complexity index is 818. The van der Waals surface area contributed by atoms with E-state index in [0.717, 1.165) is 42.8 Å². The zero-order valence-corrected chi connectivity index (χ0v) is 18.2. The molecule has 156 valence electrons. The van der Waals surface area contributed by atoms with Crippen LogP contribution < -0.4 is 5.73 Å². The molecule has 1 amide bonds. The van der Waals surface area contributed by atoms with Crippen LogP contribution in [0.15, 0.2) is 48.8 Å². The standard InChI is InChI=1S/C23H28ClN3O.ClH/c24-20-3-1-2-19(14-20)23(16-25)10-6-21(7-11-23)27(15-17-4-5-17)22(28)18-8-12-26-13-9-18;/h1-3,8-9,12-14,17,21H,4-7,10-11,15-16,25H2;1H/t21-,23+;. The van der Waals surface area contributed by atoms with Gasteiger partial charge in [0.25, 0.3) is 5.91 Å². The largest absolute Gasteiger partial charge is 0.335 e. The Balaban J connectivity index is 0.00000240. The van der Waals surface area contributed by atoms with Gasteiger partial charge in [-0.1, -0.05) is 23.7 Å². The number of halogens is 2. The van der Waals surface area contributed by atoms with Gasteiger partial charge in [0.2, 0.25) is 0 Å². The van der Waals surface area contributed by atoms with E-state index in [0.29, 0.717) is 12.5 Å². The van der Waals surface area contributed by atoms with Crippen molar-refractivity contribution in [3.8, 4) is 0 Å². The Hall–Kier alpha value is -1.62. The van der Waals surface area contributed by atoms with Crippen molar-refractivity contribution in [2.75, 3.05) is 13.1 Å². The Morgan fingerprint density at radius 1 is 1.14 bits per heavy atom. The van der Waals surface area contributed by atoms with Gasteiger partial charge in [-0.05, 0) is 74.3 Å². The molecule has 0 saturated heterocycles. The van der Waals surface area contributed by atoms with E-state index >= 15 is 0 Å². The zero-order valence-electron chi connectivity index (χ0n) is 16.6. The molecule has 2 fully saturated rings. The third kappa shape index (κ3) is 4.93. The first-order valence-corrected chi connectivity index (χ1v) is 10.7. The van der Waals surface area contributed by atoms with Crippen molar-refractivity contribution in [2.45, 2.75) is 50.0 Å². The molecule has 0 bridgehead atoms. The second kappa shape index (κ2) is 9.46. The maximum Gasteiger partial charge on any atom is 0.254 e. The number of amides is 1. The van der Waals surface area contributed by atoms with Crippen molar-refractivity contribution in [2.24, 2.45) is 11.7 Å². The lowest BCUT2D eigenvalue weighted by Gasteiger charge is -2.43. The normalized spacial score (nSPS) is 23.9. The van der Waals surface area contributed by atoms with Crippen molar-refractivity contribution >= 4 is 29.9 Å². The SMILES string of the molecule is Cl.NC[C@]1(c2cccc(Cl)c2)CC[C@@H](N(CC2CC2)C(=O)c2ccncc2)CC1. The van der Waals surface area contributed by atoms with E-state index in [9.17, 15) is 4.79 Å². The van der Waals surface area contributed by atoms with Gasteiger partial charge in [-0.3, -0.25) is 9.78 Å². The maximum atomic E-state index is 13.2.